The van der Waals surface area contributed by atoms with Gasteiger partial charge in [-0.05, 0) is 72.5 Å². The number of nitrogen functional groups attached to an aromatic ring is 1. The van der Waals surface area contributed by atoms with Crippen molar-refractivity contribution < 1.29 is 40.6 Å². The Labute approximate surface area is 252 Å². The largest absolute Gasteiger partial charge is 0.505 e. The van der Waals surface area contributed by atoms with Crippen molar-refractivity contribution in [2.45, 2.75) is 37.0 Å². The summed E-state index contributed by atoms with van der Waals surface area (Å²) in [5.74, 6) is -1.55. The number of amides is 2. The van der Waals surface area contributed by atoms with Gasteiger partial charge < -0.3 is 10.8 Å². The summed E-state index contributed by atoms with van der Waals surface area (Å²) in [7, 11) is -10.0. The van der Waals surface area contributed by atoms with E-state index in [1.165, 1.54) is 11.0 Å². The predicted octanol–water partition coefficient (Wildman–Crippen LogP) is 5.22. The molecule has 1 heterocycles. The lowest BCUT2D eigenvalue weighted by atomic mass is 9.99. The van der Waals surface area contributed by atoms with Crippen molar-refractivity contribution in [3.63, 3.8) is 0 Å². The third-order valence-electron chi connectivity index (χ3n) is 7.38. The van der Waals surface area contributed by atoms with Crippen LogP contribution in [0.4, 0.5) is 22.7 Å². The monoisotopic (exact) mass is 638 g/mol. The van der Waals surface area contributed by atoms with Gasteiger partial charge in [0.25, 0.3) is 20.2 Å². The molecule has 0 spiro atoms. The van der Waals surface area contributed by atoms with Gasteiger partial charge in [0.15, 0.2) is 5.75 Å². The molecule has 5 rings (SSSR count). The van der Waals surface area contributed by atoms with Crippen molar-refractivity contribution in [2.24, 2.45) is 16.1 Å². The SMILES string of the molecule is Cc1cc(-c2ccc(N3C(=O)CC(C)C3=O)c(C)c2)ccc1N=Nc1ccc2c(S(=O)(=O)O)cc(S(=O)(=O)O)c(N)c2c1O. The fourth-order valence-corrected chi connectivity index (χ4v) is 6.58. The number of rotatable bonds is 6. The van der Waals surface area contributed by atoms with Crippen LogP contribution in [0, 0.1) is 19.8 Å². The van der Waals surface area contributed by atoms with Crippen molar-refractivity contribution >= 4 is 65.6 Å². The number of aromatic hydroxyl groups is 1. The number of hydrogen-bond donors (Lipinski definition) is 4. The second-order valence-electron chi connectivity index (χ2n) is 10.5. The van der Waals surface area contributed by atoms with E-state index in [4.69, 9.17) is 5.73 Å². The minimum Gasteiger partial charge on any atom is -0.505 e. The fraction of sp³-hybridized carbons (Fsp3) is 0.172. The van der Waals surface area contributed by atoms with E-state index in [0.29, 0.717) is 23.0 Å². The minimum atomic E-state index is -5.04. The Morgan fingerprint density at radius 2 is 1.39 bits per heavy atom. The number of nitrogens with two attached hydrogens (primary N) is 1. The van der Waals surface area contributed by atoms with E-state index in [2.05, 4.69) is 10.2 Å². The number of hydrogen-bond acceptors (Lipinski definition) is 10. The van der Waals surface area contributed by atoms with Crippen molar-refractivity contribution in [3.8, 4) is 16.9 Å². The normalized spacial score (nSPS) is 16.0. The Kier molecular flexibility index (Phi) is 7.53. The highest BCUT2D eigenvalue weighted by molar-refractivity contribution is 7.87. The molecular weight excluding hydrogens is 612 g/mol. The van der Waals surface area contributed by atoms with Crippen molar-refractivity contribution in [3.05, 3.63) is 65.7 Å². The smallest absolute Gasteiger partial charge is 0.296 e. The maximum absolute atomic E-state index is 12.5. The summed E-state index contributed by atoms with van der Waals surface area (Å²) >= 11 is 0. The molecule has 1 saturated heterocycles. The summed E-state index contributed by atoms with van der Waals surface area (Å²) in [6, 6.07) is 13.5. The van der Waals surface area contributed by atoms with Crippen LogP contribution in [-0.2, 0) is 29.8 Å². The van der Waals surface area contributed by atoms with Gasteiger partial charge in [0.2, 0.25) is 11.8 Å². The zero-order chi connectivity index (χ0) is 32.3. The van der Waals surface area contributed by atoms with Crippen molar-refractivity contribution in [1.82, 2.24) is 0 Å². The minimum absolute atomic E-state index is 0.177. The highest BCUT2D eigenvalue weighted by Gasteiger charge is 2.37. The Morgan fingerprint density at radius 1 is 0.818 bits per heavy atom. The van der Waals surface area contributed by atoms with Crippen LogP contribution in [0.5, 0.6) is 5.75 Å². The van der Waals surface area contributed by atoms with Crippen LogP contribution in [0.3, 0.4) is 0 Å². The molecular formula is C29H26N4O9S2. The van der Waals surface area contributed by atoms with Crippen LogP contribution in [0.15, 0.2) is 74.6 Å². The number of aryl methyl sites for hydroxylation is 2. The number of azo groups is 1. The van der Waals surface area contributed by atoms with Gasteiger partial charge in [-0.15, -0.1) is 5.11 Å². The molecule has 1 aliphatic rings. The molecule has 4 aromatic carbocycles. The molecule has 1 atom stereocenters. The van der Waals surface area contributed by atoms with E-state index >= 15 is 0 Å². The van der Waals surface area contributed by atoms with Gasteiger partial charge in [0.05, 0.1) is 22.4 Å². The number of phenolic OH excluding ortho intramolecular Hbond substituents is 1. The highest BCUT2D eigenvalue weighted by Crippen LogP contribution is 2.44. The second-order valence-corrected chi connectivity index (χ2v) is 13.2. The van der Waals surface area contributed by atoms with Crippen LogP contribution < -0.4 is 10.6 Å². The molecule has 0 bridgehead atoms. The van der Waals surface area contributed by atoms with Gasteiger partial charge in [0.1, 0.15) is 15.5 Å². The van der Waals surface area contributed by atoms with Gasteiger partial charge >= 0.3 is 0 Å². The lowest BCUT2D eigenvalue weighted by molar-refractivity contribution is -0.122. The fourth-order valence-electron chi connectivity index (χ4n) is 5.14. The molecule has 15 heteroatoms. The molecule has 1 fully saturated rings. The third kappa shape index (κ3) is 5.41. The zero-order valence-electron chi connectivity index (χ0n) is 23.5. The molecule has 0 aliphatic carbocycles. The first kappa shape index (κ1) is 30.7. The van der Waals surface area contributed by atoms with Gasteiger partial charge in [-0.2, -0.15) is 21.9 Å². The van der Waals surface area contributed by atoms with Gasteiger partial charge in [-0.1, -0.05) is 25.1 Å². The van der Waals surface area contributed by atoms with E-state index in [9.17, 15) is 40.6 Å². The van der Waals surface area contributed by atoms with E-state index in [1.807, 2.05) is 19.1 Å². The maximum Gasteiger partial charge on any atom is 0.296 e. The van der Waals surface area contributed by atoms with Crippen molar-refractivity contribution in [1.29, 1.82) is 0 Å². The molecule has 4 aromatic rings. The summed E-state index contributed by atoms with van der Waals surface area (Å²) in [5, 5.41) is 18.3. The third-order valence-corrected chi connectivity index (χ3v) is 9.17. The number of imide groups is 1. The van der Waals surface area contributed by atoms with Crippen LogP contribution in [0.25, 0.3) is 21.9 Å². The lowest BCUT2D eigenvalue weighted by Gasteiger charge is -2.18. The average molecular weight is 639 g/mol. The number of nitrogens with zero attached hydrogens (tertiary/aromatic N) is 3. The Bertz CT molecular complexity index is 2160. The van der Waals surface area contributed by atoms with Crippen molar-refractivity contribution in [2.75, 3.05) is 10.6 Å². The molecule has 1 unspecified atom stereocenters. The topological polar surface area (TPSA) is 217 Å². The Balaban J connectivity index is 1.50. The zero-order valence-corrected chi connectivity index (χ0v) is 25.1. The number of anilines is 2. The molecule has 44 heavy (non-hydrogen) atoms. The molecule has 2 amide bonds. The standard InChI is InChI=1S/C29H26N4O9S2/c1-14-10-17(18-5-9-22(15(2)11-18)33-25(34)12-16(3)29(33)36)4-7-20(14)31-32-21-8-6-19-23(43(37,38)39)13-24(44(40,41)42)27(30)26(19)28(21)35/h4-11,13,16,35H,12,30H2,1-3H3,(H,37,38,39)(H,40,41,42). The Morgan fingerprint density at radius 3 is 1.93 bits per heavy atom. The number of benzene rings is 4. The Hall–Kier alpha value is -4.70. The molecule has 1 aliphatic heterocycles. The molecule has 0 radical (unpaired) electrons. The average Bonchev–Trinajstić information content (AvgIpc) is 3.17. The molecule has 0 saturated carbocycles. The highest BCUT2D eigenvalue weighted by atomic mass is 32.2. The van der Waals surface area contributed by atoms with Crippen LogP contribution in [0.2, 0.25) is 0 Å². The first-order valence-electron chi connectivity index (χ1n) is 13.0. The quantitative estimate of drug-likeness (QED) is 0.0934. The summed E-state index contributed by atoms with van der Waals surface area (Å²) in [6.45, 7) is 5.32. The van der Waals surface area contributed by atoms with Gasteiger partial charge in [-0.25, -0.2) is 0 Å². The summed E-state index contributed by atoms with van der Waals surface area (Å²) in [6.07, 6.45) is 0.177. The first-order valence-corrected chi connectivity index (χ1v) is 15.9. The summed E-state index contributed by atoms with van der Waals surface area (Å²) in [5.41, 5.74) is 9.06. The molecule has 13 nitrogen and oxygen atoms in total. The number of carbonyl (C=O) groups excluding carboxylic acids is 2. The summed E-state index contributed by atoms with van der Waals surface area (Å²) in [4.78, 5) is 24.1. The van der Waals surface area contributed by atoms with E-state index in [0.717, 1.165) is 22.8 Å². The van der Waals surface area contributed by atoms with Crippen LogP contribution >= 0.6 is 0 Å². The summed E-state index contributed by atoms with van der Waals surface area (Å²) < 4.78 is 66.7. The molecule has 0 aromatic heterocycles. The van der Waals surface area contributed by atoms with Gasteiger partial charge in [0, 0.05) is 17.7 Å². The first-order chi connectivity index (χ1) is 20.5. The molecule has 5 N–H and O–H groups in total. The maximum atomic E-state index is 12.5. The number of fused-ring (bicyclic) bond motifs is 1. The van der Waals surface area contributed by atoms with E-state index in [1.54, 1.807) is 38.1 Å². The lowest BCUT2D eigenvalue weighted by Crippen LogP contribution is -2.30. The number of carbonyl (C=O) groups is 2. The van der Waals surface area contributed by atoms with Gasteiger partial charge in [-0.3, -0.25) is 23.6 Å². The van der Waals surface area contributed by atoms with Crippen LogP contribution in [0.1, 0.15) is 24.5 Å². The van der Waals surface area contributed by atoms with E-state index < -0.39 is 46.9 Å². The number of phenols is 1. The molecule has 228 valence electrons. The second kappa shape index (κ2) is 10.8. The van der Waals surface area contributed by atoms with Crippen LogP contribution in [-0.4, -0.2) is 42.9 Å². The predicted molar refractivity (Wildman–Crippen MR) is 161 cm³/mol. The van der Waals surface area contributed by atoms with E-state index in [-0.39, 0.29) is 35.2 Å².